The van der Waals surface area contributed by atoms with Crippen LogP contribution in [-0.2, 0) is 23.2 Å². The highest BCUT2D eigenvalue weighted by molar-refractivity contribution is 6.30. The van der Waals surface area contributed by atoms with E-state index in [-0.39, 0.29) is 18.0 Å². The number of carbonyl (C=O) groups is 1. The summed E-state index contributed by atoms with van der Waals surface area (Å²) in [5, 5.41) is 9.86. The minimum absolute atomic E-state index is 0.0471. The second-order valence-corrected chi connectivity index (χ2v) is 8.39. The number of ether oxygens (including phenoxy) is 2. The van der Waals surface area contributed by atoms with Gasteiger partial charge in [0.25, 0.3) is 0 Å². The average Bonchev–Trinajstić information content (AvgIpc) is 2.87. The molecule has 0 saturated heterocycles. The van der Waals surface area contributed by atoms with Gasteiger partial charge in [-0.15, -0.1) is 0 Å². The molecule has 2 aromatic rings. The van der Waals surface area contributed by atoms with Crippen molar-refractivity contribution in [3.63, 3.8) is 0 Å². The highest BCUT2D eigenvalue weighted by atomic mass is 35.5. The molecule has 0 spiro atoms. The van der Waals surface area contributed by atoms with Crippen LogP contribution in [0.2, 0.25) is 5.02 Å². The molecule has 0 aliphatic carbocycles. The molecule has 0 fully saturated rings. The first-order chi connectivity index (χ1) is 12.5. The van der Waals surface area contributed by atoms with E-state index in [9.17, 15) is 14.3 Å². The third kappa shape index (κ3) is 3.88. The lowest BCUT2D eigenvalue weighted by atomic mass is 9.85. The SMILES string of the molecule is CC1(C)Cc2cc(Cl)cc(COc3ccc(C(C)(C)C(=O)O)cc3F)c2O1. The van der Waals surface area contributed by atoms with Crippen molar-refractivity contribution in [1.82, 2.24) is 0 Å². The predicted molar refractivity (Wildman–Crippen MR) is 101 cm³/mol. The zero-order chi connectivity index (χ0) is 20.0. The molecule has 0 atom stereocenters. The lowest BCUT2D eigenvalue weighted by Gasteiger charge is -2.20. The maximum atomic E-state index is 14.4. The molecule has 144 valence electrons. The second-order valence-electron chi connectivity index (χ2n) is 7.96. The molecule has 0 bridgehead atoms. The van der Waals surface area contributed by atoms with Crippen molar-refractivity contribution in [2.75, 3.05) is 0 Å². The molecule has 6 heteroatoms. The minimum Gasteiger partial charge on any atom is -0.487 e. The Morgan fingerprint density at radius 2 is 2.04 bits per heavy atom. The first kappa shape index (κ1) is 19.5. The molecule has 27 heavy (non-hydrogen) atoms. The van der Waals surface area contributed by atoms with Gasteiger partial charge in [-0.1, -0.05) is 17.7 Å². The van der Waals surface area contributed by atoms with Gasteiger partial charge in [-0.3, -0.25) is 4.79 Å². The van der Waals surface area contributed by atoms with Crippen LogP contribution >= 0.6 is 11.6 Å². The Labute approximate surface area is 162 Å². The van der Waals surface area contributed by atoms with E-state index in [0.29, 0.717) is 10.6 Å². The number of fused-ring (bicyclic) bond motifs is 1. The monoisotopic (exact) mass is 392 g/mol. The van der Waals surface area contributed by atoms with Crippen LogP contribution in [0.25, 0.3) is 0 Å². The maximum absolute atomic E-state index is 14.4. The van der Waals surface area contributed by atoms with Crippen LogP contribution in [0.3, 0.4) is 0 Å². The van der Waals surface area contributed by atoms with Crippen LogP contribution in [0.15, 0.2) is 30.3 Å². The summed E-state index contributed by atoms with van der Waals surface area (Å²) in [6.45, 7) is 7.14. The predicted octanol–water partition coefficient (Wildman–Crippen LogP) is 5.13. The molecular weight excluding hydrogens is 371 g/mol. The minimum atomic E-state index is -1.19. The maximum Gasteiger partial charge on any atom is 0.313 e. The van der Waals surface area contributed by atoms with Gasteiger partial charge in [0.15, 0.2) is 11.6 Å². The lowest BCUT2D eigenvalue weighted by molar-refractivity contribution is -0.142. The Morgan fingerprint density at radius 3 is 2.67 bits per heavy atom. The molecule has 0 amide bonds. The molecule has 1 aliphatic heterocycles. The first-order valence-corrected chi connectivity index (χ1v) is 9.04. The van der Waals surface area contributed by atoms with Gasteiger partial charge in [0.05, 0.1) is 5.41 Å². The van der Waals surface area contributed by atoms with E-state index in [0.717, 1.165) is 23.3 Å². The Morgan fingerprint density at radius 1 is 1.33 bits per heavy atom. The van der Waals surface area contributed by atoms with Crippen molar-refractivity contribution in [3.8, 4) is 11.5 Å². The Balaban J connectivity index is 1.82. The molecule has 0 aromatic heterocycles. The second kappa shape index (κ2) is 6.71. The topological polar surface area (TPSA) is 55.8 Å². The summed E-state index contributed by atoms with van der Waals surface area (Å²) >= 11 is 6.19. The molecule has 1 N–H and O–H groups in total. The van der Waals surface area contributed by atoms with Gasteiger partial charge in [0.1, 0.15) is 18.0 Å². The van der Waals surface area contributed by atoms with Crippen molar-refractivity contribution < 1.29 is 23.8 Å². The van der Waals surface area contributed by atoms with Crippen LogP contribution in [0.4, 0.5) is 4.39 Å². The van der Waals surface area contributed by atoms with Gasteiger partial charge in [0.2, 0.25) is 0 Å². The summed E-state index contributed by atoms with van der Waals surface area (Å²) in [4.78, 5) is 11.3. The largest absolute Gasteiger partial charge is 0.487 e. The molecule has 0 radical (unpaired) electrons. The highest BCUT2D eigenvalue weighted by Crippen LogP contribution is 2.40. The van der Waals surface area contributed by atoms with Crippen LogP contribution < -0.4 is 9.47 Å². The van der Waals surface area contributed by atoms with E-state index in [4.69, 9.17) is 21.1 Å². The van der Waals surface area contributed by atoms with E-state index in [1.165, 1.54) is 26.0 Å². The molecule has 1 aliphatic rings. The number of rotatable bonds is 5. The summed E-state index contributed by atoms with van der Waals surface area (Å²) in [5.41, 5.74) is 0.611. The van der Waals surface area contributed by atoms with Gasteiger partial charge >= 0.3 is 5.97 Å². The summed E-state index contributed by atoms with van der Waals surface area (Å²) in [6, 6.07) is 7.84. The third-order valence-corrected chi connectivity index (χ3v) is 4.99. The van der Waals surface area contributed by atoms with Crippen molar-refractivity contribution in [2.24, 2.45) is 0 Å². The van der Waals surface area contributed by atoms with E-state index in [1.807, 2.05) is 19.9 Å². The van der Waals surface area contributed by atoms with Crippen LogP contribution in [-0.4, -0.2) is 16.7 Å². The molecule has 0 saturated carbocycles. The number of carboxylic acid groups (broad SMARTS) is 1. The smallest absolute Gasteiger partial charge is 0.313 e. The van der Waals surface area contributed by atoms with Crippen molar-refractivity contribution >= 4 is 17.6 Å². The Kier molecular flexibility index (Phi) is 4.85. The van der Waals surface area contributed by atoms with Gasteiger partial charge < -0.3 is 14.6 Å². The van der Waals surface area contributed by atoms with Gasteiger partial charge in [-0.25, -0.2) is 4.39 Å². The number of hydrogen-bond acceptors (Lipinski definition) is 3. The van der Waals surface area contributed by atoms with E-state index >= 15 is 0 Å². The number of carboxylic acids is 1. The van der Waals surface area contributed by atoms with Crippen molar-refractivity contribution in [1.29, 1.82) is 0 Å². The molecule has 3 rings (SSSR count). The van der Waals surface area contributed by atoms with Crippen molar-refractivity contribution in [2.45, 2.75) is 51.7 Å². The number of halogens is 2. The van der Waals surface area contributed by atoms with Gasteiger partial charge in [-0.05, 0) is 63.1 Å². The van der Waals surface area contributed by atoms with Crippen molar-refractivity contribution in [3.05, 3.63) is 57.9 Å². The van der Waals surface area contributed by atoms with Gasteiger partial charge in [-0.2, -0.15) is 0 Å². The first-order valence-electron chi connectivity index (χ1n) is 8.66. The third-order valence-electron chi connectivity index (χ3n) is 4.77. The standard InChI is InChI=1S/C21H22ClFO4/c1-20(2)10-12-7-15(22)8-13(18(12)27-20)11-26-17-6-5-14(9-16(17)23)21(3,4)19(24)25/h5-9H,10-11H2,1-4H3,(H,24,25). The zero-order valence-corrected chi connectivity index (χ0v) is 16.5. The summed E-state index contributed by atoms with van der Waals surface area (Å²) in [7, 11) is 0. The summed E-state index contributed by atoms with van der Waals surface area (Å²) < 4.78 is 26.1. The summed E-state index contributed by atoms with van der Waals surface area (Å²) in [6.07, 6.45) is 0.739. The normalized spacial score (nSPS) is 15.2. The van der Waals surface area contributed by atoms with Crippen LogP contribution in [0.5, 0.6) is 11.5 Å². The quantitative estimate of drug-likeness (QED) is 0.766. The lowest BCUT2D eigenvalue weighted by Crippen LogP contribution is -2.28. The molecule has 1 heterocycles. The average molecular weight is 393 g/mol. The fraction of sp³-hybridized carbons (Fsp3) is 0.381. The Hall–Kier alpha value is -2.27. The fourth-order valence-electron chi connectivity index (χ4n) is 3.14. The van der Waals surface area contributed by atoms with Crippen LogP contribution in [0, 0.1) is 5.82 Å². The molecule has 0 unspecified atom stereocenters. The highest BCUT2D eigenvalue weighted by Gasteiger charge is 2.33. The van der Waals surface area contributed by atoms with Crippen LogP contribution in [0.1, 0.15) is 44.4 Å². The molecule has 2 aromatic carbocycles. The molecular formula is C21H22ClFO4. The van der Waals surface area contributed by atoms with E-state index in [2.05, 4.69) is 0 Å². The van der Waals surface area contributed by atoms with E-state index in [1.54, 1.807) is 12.1 Å². The number of hydrogen-bond donors (Lipinski definition) is 1. The zero-order valence-electron chi connectivity index (χ0n) is 15.7. The van der Waals surface area contributed by atoms with Gasteiger partial charge in [0, 0.05) is 17.0 Å². The summed E-state index contributed by atoms with van der Waals surface area (Å²) in [5.74, 6) is -0.856. The Bertz CT molecular complexity index is 905. The number of aliphatic carboxylic acids is 1. The molecule has 4 nitrogen and oxygen atoms in total. The fourth-order valence-corrected chi connectivity index (χ4v) is 3.40. The van der Waals surface area contributed by atoms with E-state index < -0.39 is 17.2 Å². The number of benzene rings is 2.